The van der Waals surface area contributed by atoms with E-state index in [0.29, 0.717) is 18.1 Å². The Morgan fingerprint density at radius 2 is 1.46 bits per heavy atom. The average molecular weight is 483 g/mol. The first-order chi connectivity index (χ1) is 17.0. The van der Waals surface area contributed by atoms with Crippen molar-refractivity contribution in [3.63, 3.8) is 0 Å². The van der Waals surface area contributed by atoms with Gasteiger partial charge in [0, 0.05) is 13.1 Å². The number of rotatable bonds is 11. The SMILES string of the molecule is COc1cc2c(cc1OC)CC(=O)N(CCCN(C)CCC1Cc3cc(OC)c(OC)cc31)CC2. The van der Waals surface area contributed by atoms with E-state index in [1.165, 1.54) is 16.7 Å². The van der Waals surface area contributed by atoms with Crippen molar-refractivity contribution in [2.24, 2.45) is 0 Å². The Hall–Kier alpha value is -2.93. The summed E-state index contributed by atoms with van der Waals surface area (Å²) in [7, 11) is 8.82. The van der Waals surface area contributed by atoms with Crippen LogP contribution in [0.2, 0.25) is 0 Å². The molecular formula is C28H38N2O5. The Bertz CT molecular complexity index is 1050. The lowest BCUT2D eigenvalue weighted by Gasteiger charge is -2.32. The van der Waals surface area contributed by atoms with E-state index in [-0.39, 0.29) is 5.91 Å². The van der Waals surface area contributed by atoms with Gasteiger partial charge in [-0.05, 0) is 98.3 Å². The lowest BCUT2D eigenvalue weighted by molar-refractivity contribution is -0.130. The zero-order valence-corrected chi connectivity index (χ0v) is 21.7. The van der Waals surface area contributed by atoms with Crippen LogP contribution in [-0.4, -0.2) is 77.4 Å². The molecule has 35 heavy (non-hydrogen) atoms. The fourth-order valence-electron chi connectivity index (χ4n) is 5.27. The second kappa shape index (κ2) is 11.2. The molecule has 0 saturated carbocycles. The summed E-state index contributed by atoms with van der Waals surface area (Å²) in [6, 6.07) is 8.21. The van der Waals surface area contributed by atoms with E-state index < -0.39 is 0 Å². The molecule has 0 N–H and O–H groups in total. The maximum Gasteiger partial charge on any atom is 0.227 e. The first-order valence-corrected chi connectivity index (χ1v) is 12.4. The molecule has 2 aromatic rings. The third kappa shape index (κ3) is 5.50. The largest absolute Gasteiger partial charge is 0.493 e. The Labute approximate surface area is 208 Å². The van der Waals surface area contributed by atoms with Gasteiger partial charge in [0.2, 0.25) is 5.91 Å². The van der Waals surface area contributed by atoms with Crippen LogP contribution < -0.4 is 18.9 Å². The molecule has 2 aromatic carbocycles. The molecule has 1 aliphatic carbocycles. The zero-order chi connectivity index (χ0) is 24.9. The number of carbonyl (C=O) groups excluding carboxylic acids is 1. The smallest absolute Gasteiger partial charge is 0.227 e. The summed E-state index contributed by atoms with van der Waals surface area (Å²) in [5.41, 5.74) is 4.97. The van der Waals surface area contributed by atoms with Crippen LogP contribution in [0.15, 0.2) is 24.3 Å². The molecule has 1 heterocycles. The first kappa shape index (κ1) is 25.2. The summed E-state index contributed by atoms with van der Waals surface area (Å²) in [5, 5.41) is 0. The molecule has 1 atom stereocenters. The van der Waals surface area contributed by atoms with E-state index in [1.54, 1.807) is 28.4 Å². The van der Waals surface area contributed by atoms with Gasteiger partial charge in [-0.1, -0.05) is 0 Å². The molecule has 2 aliphatic rings. The highest BCUT2D eigenvalue weighted by Crippen LogP contribution is 2.43. The van der Waals surface area contributed by atoms with Crippen molar-refractivity contribution in [3.05, 3.63) is 46.5 Å². The molecule has 0 radical (unpaired) electrons. The van der Waals surface area contributed by atoms with Crippen LogP contribution in [0.1, 0.15) is 41.0 Å². The third-order valence-electron chi connectivity index (χ3n) is 7.43. The van der Waals surface area contributed by atoms with Gasteiger partial charge in [0.05, 0.1) is 34.9 Å². The number of benzene rings is 2. The van der Waals surface area contributed by atoms with Gasteiger partial charge in [-0.15, -0.1) is 0 Å². The molecule has 1 aliphatic heterocycles. The van der Waals surface area contributed by atoms with E-state index in [1.807, 2.05) is 17.0 Å². The van der Waals surface area contributed by atoms with Gasteiger partial charge in [0.1, 0.15) is 0 Å². The highest BCUT2D eigenvalue weighted by Gasteiger charge is 2.28. The van der Waals surface area contributed by atoms with Crippen molar-refractivity contribution in [3.8, 4) is 23.0 Å². The van der Waals surface area contributed by atoms with Gasteiger partial charge in [-0.25, -0.2) is 0 Å². The molecule has 7 heteroatoms. The number of methoxy groups -OCH3 is 4. The minimum Gasteiger partial charge on any atom is -0.493 e. The highest BCUT2D eigenvalue weighted by molar-refractivity contribution is 5.80. The number of nitrogens with zero attached hydrogens (tertiary/aromatic N) is 2. The fourth-order valence-corrected chi connectivity index (χ4v) is 5.27. The lowest BCUT2D eigenvalue weighted by Crippen LogP contribution is -2.35. The van der Waals surface area contributed by atoms with Crippen molar-refractivity contribution in [2.75, 3.05) is 61.7 Å². The van der Waals surface area contributed by atoms with Crippen molar-refractivity contribution < 1.29 is 23.7 Å². The van der Waals surface area contributed by atoms with Gasteiger partial charge in [0.15, 0.2) is 23.0 Å². The second-order valence-electron chi connectivity index (χ2n) is 9.54. The number of fused-ring (bicyclic) bond motifs is 2. The Morgan fingerprint density at radius 1 is 0.857 bits per heavy atom. The molecule has 1 amide bonds. The molecule has 1 unspecified atom stereocenters. The summed E-state index contributed by atoms with van der Waals surface area (Å²) in [6.45, 7) is 3.55. The van der Waals surface area contributed by atoms with E-state index in [4.69, 9.17) is 18.9 Å². The maximum absolute atomic E-state index is 12.9. The molecule has 0 aromatic heterocycles. The monoisotopic (exact) mass is 482 g/mol. The number of hydrogen-bond donors (Lipinski definition) is 0. The average Bonchev–Trinajstić information content (AvgIpc) is 3.01. The summed E-state index contributed by atoms with van der Waals surface area (Å²) < 4.78 is 21.8. The van der Waals surface area contributed by atoms with Gasteiger partial charge in [-0.2, -0.15) is 0 Å². The minimum absolute atomic E-state index is 0.189. The number of ether oxygens (including phenoxy) is 4. The van der Waals surface area contributed by atoms with E-state index in [2.05, 4.69) is 24.1 Å². The van der Waals surface area contributed by atoms with Crippen LogP contribution in [0.25, 0.3) is 0 Å². The van der Waals surface area contributed by atoms with Gasteiger partial charge in [0.25, 0.3) is 0 Å². The molecule has 190 valence electrons. The van der Waals surface area contributed by atoms with Gasteiger partial charge < -0.3 is 28.7 Å². The minimum atomic E-state index is 0.189. The van der Waals surface area contributed by atoms with Crippen LogP contribution in [0.4, 0.5) is 0 Å². The Kier molecular flexibility index (Phi) is 8.06. The van der Waals surface area contributed by atoms with Crippen molar-refractivity contribution in [2.45, 2.75) is 38.0 Å². The quantitative estimate of drug-likeness (QED) is 0.487. The van der Waals surface area contributed by atoms with Crippen LogP contribution in [-0.2, 0) is 24.1 Å². The zero-order valence-electron chi connectivity index (χ0n) is 21.7. The molecule has 0 spiro atoms. The molecule has 0 bridgehead atoms. The predicted octanol–water partition coefficient (Wildman–Crippen LogP) is 3.70. The van der Waals surface area contributed by atoms with Crippen LogP contribution in [0, 0.1) is 0 Å². The first-order valence-electron chi connectivity index (χ1n) is 12.4. The van der Waals surface area contributed by atoms with Crippen molar-refractivity contribution >= 4 is 5.91 Å². The summed E-state index contributed by atoms with van der Waals surface area (Å²) in [6.07, 6.45) is 4.45. The number of hydrogen-bond acceptors (Lipinski definition) is 6. The summed E-state index contributed by atoms with van der Waals surface area (Å²) in [5.74, 6) is 3.79. The standard InChI is InChI=1S/C28H38N2O5/c1-29(11-7-20-13-22-16-26(34-4)27(35-5)18-23(20)22)9-6-10-30-12-8-19-14-24(32-2)25(33-3)15-21(19)17-28(30)31/h14-16,18,20H,6-13,17H2,1-5H3. The predicted molar refractivity (Wildman–Crippen MR) is 136 cm³/mol. The maximum atomic E-state index is 12.9. The molecule has 7 nitrogen and oxygen atoms in total. The van der Waals surface area contributed by atoms with Crippen LogP contribution in [0.3, 0.4) is 0 Å². The summed E-state index contributed by atoms with van der Waals surface area (Å²) >= 11 is 0. The van der Waals surface area contributed by atoms with E-state index in [0.717, 1.165) is 74.7 Å². The van der Waals surface area contributed by atoms with Crippen LogP contribution in [0.5, 0.6) is 23.0 Å². The van der Waals surface area contributed by atoms with E-state index >= 15 is 0 Å². The Morgan fingerprint density at radius 3 is 2.11 bits per heavy atom. The summed E-state index contributed by atoms with van der Waals surface area (Å²) in [4.78, 5) is 17.3. The molecule has 0 fully saturated rings. The highest BCUT2D eigenvalue weighted by atomic mass is 16.5. The van der Waals surface area contributed by atoms with Gasteiger partial charge in [-0.3, -0.25) is 4.79 Å². The molecular weight excluding hydrogens is 444 g/mol. The fraction of sp³-hybridized carbons (Fsp3) is 0.536. The third-order valence-corrected chi connectivity index (χ3v) is 7.43. The number of amides is 1. The molecule has 0 saturated heterocycles. The lowest BCUT2D eigenvalue weighted by atomic mass is 9.75. The number of carbonyl (C=O) groups is 1. The van der Waals surface area contributed by atoms with Crippen LogP contribution >= 0.6 is 0 Å². The van der Waals surface area contributed by atoms with Crippen molar-refractivity contribution in [1.29, 1.82) is 0 Å². The van der Waals surface area contributed by atoms with Gasteiger partial charge >= 0.3 is 0 Å². The topological polar surface area (TPSA) is 60.5 Å². The second-order valence-corrected chi connectivity index (χ2v) is 9.54. The van der Waals surface area contributed by atoms with Crippen molar-refractivity contribution in [1.82, 2.24) is 9.80 Å². The van der Waals surface area contributed by atoms with E-state index in [9.17, 15) is 4.79 Å². The molecule has 4 rings (SSSR count). The normalized spacial score (nSPS) is 16.8. The Balaban J connectivity index is 1.23.